The summed E-state index contributed by atoms with van der Waals surface area (Å²) in [6.07, 6.45) is 0.124. The van der Waals surface area contributed by atoms with E-state index >= 15 is 0 Å². The van der Waals surface area contributed by atoms with E-state index in [2.05, 4.69) is 0 Å². The second kappa shape index (κ2) is 5.63. The van der Waals surface area contributed by atoms with Crippen molar-refractivity contribution in [3.63, 3.8) is 0 Å². The highest BCUT2D eigenvalue weighted by atomic mass is 32.2. The molecule has 0 bridgehead atoms. The van der Waals surface area contributed by atoms with Crippen molar-refractivity contribution in [2.75, 3.05) is 6.61 Å². The van der Waals surface area contributed by atoms with Crippen LogP contribution in [0.3, 0.4) is 0 Å². The van der Waals surface area contributed by atoms with Gasteiger partial charge < -0.3 is 9.29 Å². The second-order valence-electron chi connectivity index (χ2n) is 2.88. The van der Waals surface area contributed by atoms with Crippen molar-refractivity contribution in [3.05, 3.63) is 29.8 Å². The minimum Gasteiger partial charge on any atom is -0.466 e. The lowest BCUT2D eigenvalue weighted by atomic mass is 10.1. The molecule has 0 saturated carbocycles. The molecule has 0 spiro atoms. The van der Waals surface area contributed by atoms with Gasteiger partial charge in [0.1, 0.15) is 0 Å². The summed E-state index contributed by atoms with van der Waals surface area (Å²) in [4.78, 5) is 11.4. The van der Waals surface area contributed by atoms with E-state index in [1.165, 1.54) is 12.1 Å². The molecule has 0 heterocycles. The van der Waals surface area contributed by atoms with E-state index < -0.39 is 11.1 Å². The van der Waals surface area contributed by atoms with Crippen LogP contribution in [-0.2, 0) is 27.0 Å². The number of hydrogen-bond donors (Lipinski definition) is 1. The number of ether oxygens (including phenoxy) is 1. The van der Waals surface area contributed by atoms with Crippen molar-refractivity contribution in [3.8, 4) is 0 Å². The molecule has 0 aromatic heterocycles. The number of esters is 1. The summed E-state index contributed by atoms with van der Waals surface area (Å²) in [5.74, 6) is -0.335. The van der Waals surface area contributed by atoms with Crippen molar-refractivity contribution in [1.29, 1.82) is 0 Å². The molecule has 0 fully saturated rings. The summed E-state index contributed by atoms with van der Waals surface area (Å²) in [5.41, 5.74) is 0.674. The lowest BCUT2D eigenvalue weighted by molar-refractivity contribution is -0.142. The predicted molar refractivity (Wildman–Crippen MR) is 55.8 cm³/mol. The summed E-state index contributed by atoms with van der Waals surface area (Å²) >= 11 is -2.01. The first-order chi connectivity index (χ1) is 7.13. The van der Waals surface area contributed by atoms with E-state index in [9.17, 15) is 9.00 Å². The van der Waals surface area contributed by atoms with E-state index in [0.29, 0.717) is 12.2 Å². The van der Waals surface area contributed by atoms with Gasteiger partial charge in [0.25, 0.3) is 0 Å². The molecule has 0 aliphatic carbocycles. The minimum atomic E-state index is -2.01. The quantitative estimate of drug-likeness (QED) is 0.624. The molecule has 0 aliphatic rings. The van der Waals surface area contributed by atoms with Gasteiger partial charge in [-0.1, -0.05) is 12.1 Å². The van der Waals surface area contributed by atoms with Crippen molar-refractivity contribution >= 4 is 17.0 Å². The molecule has 5 heteroatoms. The van der Waals surface area contributed by atoms with Crippen LogP contribution in [0.25, 0.3) is 0 Å². The molecule has 0 amide bonds. The normalized spacial score (nSPS) is 12.1. The molecule has 0 radical (unpaired) electrons. The zero-order chi connectivity index (χ0) is 11.3. The summed E-state index contributed by atoms with van der Waals surface area (Å²) in [6, 6.07) is 6.41. The first-order valence-corrected chi connectivity index (χ1v) is 5.59. The van der Waals surface area contributed by atoms with Gasteiger partial charge in [-0.25, -0.2) is 4.21 Å². The van der Waals surface area contributed by atoms with E-state index in [-0.39, 0.29) is 17.3 Å². The van der Waals surface area contributed by atoms with Gasteiger partial charge in [-0.05, 0) is 24.6 Å². The number of benzene rings is 1. The third-order valence-electron chi connectivity index (χ3n) is 1.75. The molecule has 1 rings (SSSR count). The molecule has 0 aliphatic heterocycles. The van der Waals surface area contributed by atoms with E-state index in [1.54, 1.807) is 19.1 Å². The summed E-state index contributed by atoms with van der Waals surface area (Å²) in [7, 11) is 0. The number of carbonyl (C=O) groups is 1. The third-order valence-corrected chi connectivity index (χ3v) is 2.41. The van der Waals surface area contributed by atoms with Gasteiger partial charge in [0, 0.05) is 0 Å². The first kappa shape index (κ1) is 11.9. The van der Waals surface area contributed by atoms with Crippen LogP contribution in [0.5, 0.6) is 0 Å². The smallest absolute Gasteiger partial charge is 0.310 e. The monoisotopic (exact) mass is 228 g/mol. The summed E-state index contributed by atoms with van der Waals surface area (Å²) < 4.78 is 24.4. The third kappa shape index (κ3) is 3.81. The van der Waals surface area contributed by atoms with Gasteiger partial charge in [0.15, 0.2) is 11.1 Å². The van der Waals surface area contributed by atoms with Crippen molar-refractivity contribution in [2.24, 2.45) is 0 Å². The number of carbonyl (C=O) groups excluding carboxylic acids is 1. The summed E-state index contributed by atoms with van der Waals surface area (Å²) in [5, 5.41) is 0. The van der Waals surface area contributed by atoms with Crippen LogP contribution in [0.15, 0.2) is 29.2 Å². The standard InChI is InChI=1S/C10H12O4S/c1-2-14-10(11)7-8-4-3-5-9(6-8)15(12)13/h3-6H,2,7H2,1H3,(H,12,13). The molecule has 1 N–H and O–H groups in total. The fourth-order valence-electron chi connectivity index (χ4n) is 1.14. The van der Waals surface area contributed by atoms with E-state index in [4.69, 9.17) is 9.29 Å². The van der Waals surface area contributed by atoms with Crippen molar-refractivity contribution < 1.29 is 18.3 Å². The van der Waals surface area contributed by atoms with Crippen LogP contribution in [0.1, 0.15) is 12.5 Å². The highest BCUT2D eigenvalue weighted by Crippen LogP contribution is 2.09. The minimum absolute atomic E-state index is 0.124. The maximum Gasteiger partial charge on any atom is 0.310 e. The number of hydrogen-bond acceptors (Lipinski definition) is 3. The lowest BCUT2D eigenvalue weighted by Gasteiger charge is -2.02. The molecule has 1 unspecified atom stereocenters. The van der Waals surface area contributed by atoms with Crippen molar-refractivity contribution in [1.82, 2.24) is 0 Å². The van der Waals surface area contributed by atoms with Gasteiger partial charge >= 0.3 is 5.97 Å². The van der Waals surface area contributed by atoms with Gasteiger partial charge in [0.2, 0.25) is 0 Å². The van der Waals surface area contributed by atoms with Gasteiger partial charge in [-0.3, -0.25) is 4.79 Å². The largest absolute Gasteiger partial charge is 0.466 e. The Balaban J connectivity index is 2.73. The Kier molecular flexibility index (Phi) is 4.45. The Bertz CT molecular complexity index is 375. The van der Waals surface area contributed by atoms with Crippen LogP contribution >= 0.6 is 0 Å². The molecule has 1 aromatic carbocycles. The molecule has 0 saturated heterocycles. The van der Waals surface area contributed by atoms with Crippen LogP contribution in [0.4, 0.5) is 0 Å². The van der Waals surface area contributed by atoms with Gasteiger partial charge in [0.05, 0.1) is 17.9 Å². The van der Waals surface area contributed by atoms with Gasteiger partial charge in [-0.15, -0.1) is 0 Å². The summed E-state index contributed by atoms with van der Waals surface area (Å²) in [6.45, 7) is 2.07. The topological polar surface area (TPSA) is 63.6 Å². The Morgan fingerprint density at radius 1 is 1.53 bits per heavy atom. The van der Waals surface area contributed by atoms with E-state index in [1.807, 2.05) is 0 Å². The molecular weight excluding hydrogens is 216 g/mol. The Morgan fingerprint density at radius 2 is 2.27 bits per heavy atom. The number of rotatable bonds is 4. The Hall–Kier alpha value is -1.20. The average Bonchev–Trinajstić information content (AvgIpc) is 2.18. The van der Waals surface area contributed by atoms with Gasteiger partial charge in [-0.2, -0.15) is 0 Å². The molecule has 4 nitrogen and oxygen atoms in total. The fraction of sp³-hybridized carbons (Fsp3) is 0.300. The maximum absolute atomic E-state index is 11.1. The van der Waals surface area contributed by atoms with Crippen LogP contribution in [-0.4, -0.2) is 21.3 Å². The molecule has 1 atom stereocenters. The maximum atomic E-state index is 11.1. The zero-order valence-electron chi connectivity index (χ0n) is 8.30. The van der Waals surface area contributed by atoms with Crippen LogP contribution in [0.2, 0.25) is 0 Å². The first-order valence-electron chi connectivity index (χ1n) is 4.49. The SMILES string of the molecule is CCOC(=O)Cc1cccc(S(=O)O)c1. The highest BCUT2D eigenvalue weighted by Gasteiger charge is 2.06. The molecular formula is C10H12O4S. The average molecular weight is 228 g/mol. The fourth-order valence-corrected chi connectivity index (χ4v) is 1.59. The van der Waals surface area contributed by atoms with E-state index in [0.717, 1.165) is 0 Å². The van der Waals surface area contributed by atoms with Crippen molar-refractivity contribution in [2.45, 2.75) is 18.2 Å². The lowest BCUT2D eigenvalue weighted by Crippen LogP contribution is -2.07. The molecule has 1 aromatic rings. The second-order valence-corrected chi connectivity index (χ2v) is 3.85. The highest BCUT2D eigenvalue weighted by molar-refractivity contribution is 7.79. The molecule has 82 valence electrons. The van der Waals surface area contributed by atoms with Crippen LogP contribution in [0, 0.1) is 0 Å². The molecule has 15 heavy (non-hydrogen) atoms. The zero-order valence-corrected chi connectivity index (χ0v) is 9.12. The predicted octanol–water partition coefficient (Wildman–Crippen LogP) is 1.37. The Labute approximate surface area is 90.5 Å². The van der Waals surface area contributed by atoms with Crippen LogP contribution < -0.4 is 0 Å². The Morgan fingerprint density at radius 3 is 2.87 bits per heavy atom.